The van der Waals surface area contributed by atoms with Crippen LogP contribution >= 0.6 is 11.3 Å². The summed E-state index contributed by atoms with van der Waals surface area (Å²) in [5.41, 5.74) is 1.17. The first-order valence-electron chi connectivity index (χ1n) is 9.31. The lowest BCUT2D eigenvalue weighted by molar-refractivity contribution is 0.104. The van der Waals surface area contributed by atoms with Gasteiger partial charge >= 0.3 is 0 Å². The topological polar surface area (TPSA) is 46.5 Å². The van der Waals surface area contributed by atoms with Crippen molar-refractivity contribution in [1.82, 2.24) is 0 Å². The monoisotopic (exact) mass is 366 g/mol. The first-order valence-corrected chi connectivity index (χ1v) is 10.1. The molecule has 3 rings (SSSR count). The van der Waals surface area contributed by atoms with Crippen LogP contribution in [0.25, 0.3) is 20.2 Å². The zero-order chi connectivity index (χ0) is 18.7. The van der Waals surface area contributed by atoms with E-state index in [0.717, 1.165) is 40.3 Å². The third kappa shape index (κ3) is 3.97. The summed E-state index contributed by atoms with van der Waals surface area (Å²) in [5, 5.41) is 11.5. The summed E-state index contributed by atoms with van der Waals surface area (Å²) in [7, 11) is 3.16. The SMILES string of the molecule is BBCCC(O)COc1cc(C(C)C)c2sc3ccccc3c(=O)c2c1. The molecule has 0 saturated carbocycles. The summed E-state index contributed by atoms with van der Waals surface area (Å²) in [6.45, 7) is 4.51. The fraction of sp³-hybridized carbons (Fsp3) is 0.350. The summed E-state index contributed by atoms with van der Waals surface area (Å²) in [6, 6.07) is 11.6. The van der Waals surface area contributed by atoms with E-state index in [9.17, 15) is 9.90 Å². The molecule has 1 atom stereocenters. The fourth-order valence-corrected chi connectivity index (χ4v) is 4.44. The van der Waals surface area contributed by atoms with Gasteiger partial charge in [-0.05, 0) is 42.2 Å². The second kappa shape index (κ2) is 8.28. The van der Waals surface area contributed by atoms with Crippen LogP contribution in [0.1, 0.15) is 31.7 Å². The summed E-state index contributed by atoms with van der Waals surface area (Å²) in [5.74, 6) is 0.944. The molecule has 3 aromatic rings. The van der Waals surface area contributed by atoms with Crippen molar-refractivity contribution < 1.29 is 9.84 Å². The summed E-state index contributed by atoms with van der Waals surface area (Å²) >= 11 is 1.66. The number of fused-ring (bicyclic) bond motifs is 2. The minimum absolute atomic E-state index is 0.0493. The van der Waals surface area contributed by atoms with E-state index in [2.05, 4.69) is 21.6 Å². The molecular formula is C20H24B2O3S. The van der Waals surface area contributed by atoms with E-state index in [4.69, 9.17) is 4.74 Å². The number of rotatable bonds is 7. The maximum absolute atomic E-state index is 13.0. The van der Waals surface area contributed by atoms with Crippen LogP contribution < -0.4 is 10.2 Å². The first kappa shape index (κ1) is 19.0. The first-order chi connectivity index (χ1) is 12.5. The highest BCUT2D eigenvalue weighted by molar-refractivity contribution is 7.24. The van der Waals surface area contributed by atoms with E-state index in [1.165, 1.54) is 0 Å². The molecule has 0 aliphatic carbocycles. The maximum atomic E-state index is 13.0. The molecule has 0 radical (unpaired) electrons. The molecule has 0 aliphatic heterocycles. The van der Waals surface area contributed by atoms with Crippen molar-refractivity contribution in [2.75, 3.05) is 6.61 Å². The molecule has 0 saturated heterocycles. The molecule has 1 unspecified atom stereocenters. The smallest absolute Gasteiger partial charge is 0.196 e. The largest absolute Gasteiger partial charge is 0.491 e. The number of benzene rings is 2. The zero-order valence-corrected chi connectivity index (χ0v) is 16.4. The lowest BCUT2D eigenvalue weighted by Crippen LogP contribution is -2.18. The number of aliphatic hydroxyl groups excluding tert-OH is 1. The second-order valence-electron chi connectivity index (χ2n) is 7.08. The van der Waals surface area contributed by atoms with E-state index >= 15 is 0 Å². The lowest BCUT2D eigenvalue weighted by atomic mass is 9.53. The van der Waals surface area contributed by atoms with Crippen molar-refractivity contribution in [2.45, 2.75) is 38.6 Å². The molecule has 0 amide bonds. The van der Waals surface area contributed by atoms with E-state index in [0.29, 0.717) is 11.1 Å². The molecule has 1 N–H and O–H groups in total. The highest BCUT2D eigenvalue weighted by Crippen LogP contribution is 2.34. The Bertz CT molecular complexity index is 968. The highest BCUT2D eigenvalue weighted by atomic mass is 32.1. The minimum Gasteiger partial charge on any atom is -0.491 e. The summed E-state index contributed by atoms with van der Waals surface area (Å²) in [6.07, 6.45) is 1.25. The predicted molar refractivity (Wildman–Crippen MR) is 116 cm³/mol. The molecule has 3 nitrogen and oxygen atoms in total. The Labute approximate surface area is 159 Å². The Kier molecular flexibility index (Phi) is 6.05. The van der Waals surface area contributed by atoms with Crippen LogP contribution in [0.3, 0.4) is 0 Å². The average Bonchev–Trinajstić information content (AvgIpc) is 2.64. The highest BCUT2D eigenvalue weighted by Gasteiger charge is 2.15. The quantitative estimate of drug-likeness (QED) is 0.517. The molecular weight excluding hydrogens is 342 g/mol. The van der Waals surface area contributed by atoms with Gasteiger partial charge in [-0.3, -0.25) is 4.79 Å². The van der Waals surface area contributed by atoms with Gasteiger partial charge in [0.05, 0.1) is 21.0 Å². The molecule has 0 spiro atoms. The van der Waals surface area contributed by atoms with Crippen LogP contribution in [0, 0.1) is 0 Å². The zero-order valence-electron chi connectivity index (χ0n) is 15.6. The molecule has 0 fully saturated rings. The molecule has 2 aromatic carbocycles. The third-order valence-corrected chi connectivity index (χ3v) is 5.87. The van der Waals surface area contributed by atoms with Gasteiger partial charge in [-0.2, -0.15) is 0 Å². The van der Waals surface area contributed by atoms with E-state index in [1.807, 2.05) is 36.4 Å². The molecule has 0 aliphatic rings. The van der Waals surface area contributed by atoms with Crippen LogP contribution in [0.15, 0.2) is 41.2 Å². The van der Waals surface area contributed by atoms with Gasteiger partial charge in [0.1, 0.15) is 12.4 Å². The third-order valence-electron chi connectivity index (χ3n) is 4.63. The number of aliphatic hydroxyl groups is 1. The second-order valence-corrected chi connectivity index (χ2v) is 8.13. The van der Waals surface area contributed by atoms with Crippen LogP contribution in [0.4, 0.5) is 0 Å². The van der Waals surface area contributed by atoms with Gasteiger partial charge in [0.15, 0.2) is 5.43 Å². The standard InChI is InChI=1S/C20H24B2O3S/c1-12(2)16-9-14(25-11-13(23)7-8-22-21)10-17-19(24)15-5-3-4-6-18(15)26-20(16)17/h3-6,9-10,12-13,22-23H,7-8,11,21H2,1-2H3. The van der Waals surface area contributed by atoms with Gasteiger partial charge in [-0.1, -0.05) is 32.3 Å². The van der Waals surface area contributed by atoms with E-state index < -0.39 is 6.10 Å². The van der Waals surface area contributed by atoms with Crippen molar-refractivity contribution in [3.63, 3.8) is 0 Å². The van der Waals surface area contributed by atoms with Crippen molar-refractivity contribution in [2.24, 2.45) is 0 Å². The van der Waals surface area contributed by atoms with Crippen LogP contribution in [-0.4, -0.2) is 32.7 Å². The average molecular weight is 366 g/mol. The van der Waals surface area contributed by atoms with Crippen molar-refractivity contribution in [1.29, 1.82) is 0 Å². The van der Waals surface area contributed by atoms with Gasteiger partial charge in [0.25, 0.3) is 0 Å². The number of ether oxygens (including phenoxy) is 1. The fourth-order valence-electron chi connectivity index (χ4n) is 3.13. The normalized spacial score (nSPS) is 12.6. The van der Waals surface area contributed by atoms with Gasteiger partial charge in [0.2, 0.25) is 0 Å². The van der Waals surface area contributed by atoms with Crippen LogP contribution in [0.2, 0.25) is 6.32 Å². The van der Waals surface area contributed by atoms with E-state index in [1.54, 1.807) is 11.3 Å². The molecule has 1 aromatic heterocycles. The predicted octanol–water partition coefficient (Wildman–Crippen LogP) is 3.07. The molecule has 134 valence electrons. The van der Waals surface area contributed by atoms with Crippen LogP contribution in [0.5, 0.6) is 5.75 Å². The maximum Gasteiger partial charge on any atom is 0.196 e. The summed E-state index contributed by atoms with van der Waals surface area (Å²) in [4.78, 5) is 13.0. The van der Waals surface area contributed by atoms with Gasteiger partial charge in [0, 0.05) is 20.2 Å². The van der Waals surface area contributed by atoms with Gasteiger partial charge < -0.3 is 9.84 Å². The van der Waals surface area contributed by atoms with Gasteiger partial charge in [-0.15, -0.1) is 11.3 Å². The van der Waals surface area contributed by atoms with Crippen LogP contribution in [-0.2, 0) is 0 Å². The number of hydrogen-bond donors (Lipinski definition) is 1. The Morgan fingerprint density at radius 2 is 2.00 bits per heavy atom. The van der Waals surface area contributed by atoms with E-state index in [-0.39, 0.29) is 18.0 Å². The molecule has 0 bridgehead atoms. The van der Waals surface area contributed by atoms with Gasteiger partial charge in [-0.25, -0.2) is 0 Å². The Morgan fingerprint density at radius 1 is 1.23 bits per heavy atom. The molecule has 1 heterocycles. The summed E-state index contributed by atoms with van der Waals surface area (Å²) < 4.78 is 7.89. The number of hydrogen-bond acceptors (Lipinski definition) is 4. The minimum atomic E-state index is -0.473. The lowest BCUT2D eigenvalue weighted by Gasteiger charge is -2.16. The Balaban J connectivity index is 2.05. The van der Waals surface area contributed by atoms with Crippen molar-refractivity contribution in [3.05, 3.63) is 52.2 Å². The molecule has 6 heteroatoms. The van der Waals surface area contributed by atoms with Crippen molar-refractivity contribution >= 4 is 46.4 Å². The molecule has 26 heavy (non-hydrogen) atoms. The Morgan fingerprint density at radius 3 is 2.73 bits per heavy atom. The van der Waals surface area contributed by atoms with Crippen molar-refractivity contribution in [3.8, 4) is 5.75 Å². The Hall–Kier alpha value is -1.78.